The van der Waals surface area contributed by atoms with Crippen molar-refractivity contribution in [2.45, 2.75) is 19.4 Å². The summed E-state index contributed by atoms with van der Waals surface area (Å²) in [5.74, 6) is -2.04. The highest BCUT2D eigenvalue weighted by molar-refractivity contribution is 6.31. The van der Waals surface area contributed by atoms with E-state index in [1.54, 1.807) is 13.0 Å². The van der Waals surface area contributed by atoms with Crippen molar-refractivity contribution in [2.75, 3.05) is 5.73 Å². The third-order valence-corrected chi connectivity index (χ3v) is 2.92. The number of rotatable bonds is 2. The summed E-state index contributed by atoms with van der Waals surface area (Å²) < 4.78 is 0. The molecule has 1 atom stereocenters. The van der Waals surface area contributed by atoms with Crippen LogP contribution in [0.5, 0.6) is 0 Å². The maximum atomic E-state index is 12.0. The molecule has 1 aromatic carbocycles. The van der Waals surface area contributed by atoms with Gasteiger partial charge in [0, 0.05) is 5.69 Å². The van der Waals surface area contributed by atoms with Gasteiger partial charge in [-0.15, -0.1) is 0 Å². The highest BCUT2D eigenvalue weighted by Gasteiger charge is 2.42. The van der Waals surface area contributed by atoms with Gasteiger partial charge in [0.15, 0.2) is 0 Å². The zero-order chi connectivity index (χ0) is 13.4. The standard InChI is InChI=1S/C12H13N3O3/c1-2-7(13)11(17)15-10(16)6-4-3-5-8(14)9(6)12(15)18/h3-5,7H,2,13-14H2,1H3/t7-/m1/s1. The molecule has 0 radical (unpaired) electrons. The Hall–Kier alpha value is -2.21. The minimum absolute atomic E-state index is 0.0825. The van der Waals surface area contributed by atoms with E-state index in [9.17, 15) is 14.4 Å². The lowest BCUT2D eigenvalue weighted by Crippen LogP contribution is -2.46. The first-order chi connectivity index (χ1) is 8.49. The first-order valence-corrected chi connectivity index (χ1v) is 5.55. The summed E-state index contributed by atoms with van der Waals surface area (Å²) in [7, 11) is 0. The van der Waals surface area contributed by atoms with E-state index in [1.165, 1.54) is 12.1 Å². The molecule has 0 bridgehead atoms. The molecule has 1 heterocycles. The van der Waals surface area contributed by atoms with E-state index in [0.29, 0.717) is 11.3 Å². The fourth-order valence-corrected chi connectivity index (χ4v) is 1.85. The van der Waals surface area contributed by atoms with Gasteiger partial charge in [0.25, 0.3) is 17.7 Å². The van der Waals surface area contributed by atoms with Crippen LogP contribution >= 0.6 is 0 Å². The number of hydrogen-bond acceptors (Lipinski definition) is 5. The Morgan fingerprint density at radius 1 is 1.33 bits per heavy atom. The molecule has 0 saturated heterocycles. The number of carbonyl (C=O) groups is 3. The molecule has 0 fully saturated rings. The molecule has 0 aliphatic carbocycles. The van der Waals surface area contributed by atoms with Crippen molar-refractivity contribution < 1.29 is 14.4 Å². The largest absolute Gasteiger partial charge is 0.398 e. The normalized spacial score (nSPS) is 15.8. The second-order valence-corrected chi connectivity index (χ2v) is 4.07. The topological polar surface area (TPSA) is 106 Å². The quantitative estimate of drug-likeness (QED) is 0.570. The Kier molecular flexibility index (Phi) is 2.88. The number of carbonyl (C=O) groups excluding carboxylic acids is 3. The van der Waals surface area contributed by atoms with Crippen LogP contribution in [0.1, 0.15) is 34.1 Å². The number of anilines is 1. The lowest BCUT2D eigenvalue weighted by atomic mass is 10.1. The van der Waals surface area contributed by atoms with Crippen molar-refractivity contribution in [1.29, 1.82) is 0 Å². The van der Waals surface area contributed by atoms with E-state index in [0.717, 1.165) is 0 Å². The number of imide groups is 3. The molecule has 1 aliphatic rings. The molecule has 0 spiro atoms. The van der Waals surface area contributed by atoms with Gasteiger partial charge in [-0.3, -0.25) is 14.4 Å². The summed E-state index contributed by atoms with van der Waals surface area (Å²) in [6.45, 7) is 1.70. The van der Waals surface area contributed by atoms with Crippen molar-refractivity contribution in [3.05, 3.63) is 29.3 Å². The van der Waals surface area contributed by atoms with Gasteiger partial charge < -0.3 is 11.5 Å². The molecule has 18 heavy (non-hydrogen) atoms. The van der Waals surface area contributed by atoms with Gasteiger partial charge >= 0.3 is 0 Å². The van der Waals surface area contributed by atoms with E-state index in [2.05, 4.69) is 0 Å². The summed E-state index contributed by atoms with van der Waals surface area (Å²) in [6.07, 6.45) is 0.349. The smallest absolute Gasteiger partial charge is 0.270 e. The number of nitrogen functional groups attached to an aromatic ring is 1. The average Bonchev–Trinajstić information content (AvgIpc) is 2.61. The molecule has 0 aromatic heterocycles. The van der Waals surface area contributed by atoms with Crippen molar-refractivity contribution in [3.63, 3.8) is 0 Å². The van der Waals surface area contributed by atoms with Crippen LogP contribution in [0.15, 0.2) is 18.2 Å². The molecule has 4 N–H and O–H groups in total. The first-order valence-electron chi connectivity index (χ1n) is 5.55. The van der Waals surface area contributed by atoms with Crippen LogP contribution < -0.4 is 11.5 Å². The number of fused-ring (bicyclic) bond motifs is 1. The average molecular weight is 247 g/mol. The summed E-state index contributed by atoms with van der Waals surface area (Å²) in [6, 6.07) is 3.68. The lowest BCUT2D eigenvalue weighted by molar-refractivity contribution is -0.127. The van der Waals surface area contributed by atoms with Crippen LogP contribution in [0.2, 0.25) is 0 Å². The van der Waals surface area contributed by atoms with Crippen molar-refractivity contribution in [2.24, 2.45) is 5.73 Å². The van der Waals surface area contributed by atoms with Gasteiger partial charge in [-0.25, -0.2) is 4.90 Å². The summed E-state index contributed by atoms with van der Waals surface area (Å²) in [5, 5.41) is 0. The number of amides is 3. The van der Waals surface area contributed by atoms with E-state index in [4.69, 9.17) is 11.5 Å². The van der Waals surface area contributed by atoms with E-state index < -0.39 is 23.8 Å². The monoisotopic (exact) mass is 247 g/mol. The first kappa shape index (κ1) is 12.3. The van der Waals surface area contributed by atoms with Gasteiger partial charge in [0.05, 0.1) is 17.2 Å². The third-order valence-electron chi connectivity index (χ3n) is 2.92. The van der Waals surface area contributed by atoms with E-state index in [-0.39, 0.29) is 16.8 Å². The Bertz CT molecular complexity index is 553. The lowest BCUT2D eigenvalue weighted by Gasteiger charge is -2.15. The third kappa shape index (κ3) is 1.58. The van der Waals surface area contributed by atoms with Crippen LogP contribution in [-0.4, -0.2) is 28.7 Å². The van der Waals surface area contributed by atoms with Crippen molar-refractivity contribution in [1.82, 2.24) is 4.90 Å². The fourth-order valence-electron chi connectivity index (χ4n) is 1.85. The van der Waals surface area contributed by atoms with Crippen LogP contribution in [0.3, 0.4) is 0 Å². The summed E-state index contributed by atoms with van der Waals surface area (Å²) >= 11 is 0. The zero-order valence-electron chi connectivity index (χ0n) is 9.84. The van der Waals surface area contributed by atoms with Crippen LogP contribution in [0, 0.1) is 0 Å². The fraction of sp³-hybridized carbons (Fsp3) is 0.250. The minimum atomic E-state index is -0.867. The van der Waals surface area contributed by atoms with Gasteiger partial charge in [0.2, 0.25) is 0 Å². The van der Waals surface area contributed by atoms with Crippen LogP contribution in [0.4, 0.5) is 5.69 Å². The number of benzene rings is 1. The molecular weight excluding hydrogens is 234 g/mol. The van der Waals surface area contributed by atoms with E-state index >= 15 is 0 Å². The number of nitrogens with zero attached hydrogens (tertiary/aromatic N) is 1. The highest BCUT2D eigenvalue weighted by atomic mass is 16.2. The van der Waals surface area contributed by atoms with Crippen LogP contribution in [0.25, 0.3) is 0 Å². The molecule has 0 saturated carbocycles. The van der Waals surface area contributed by atoms with Gasteiger partial charge in [-0.05, 0) is 18.6 Å². The van der Waals surface area contributed by atoms with Crippen molar-refractivity contribution >= 4 is 23.4 Å². The highest BCUT2D eigenvalue weighted by Crippen LogP contribution is 2.27. The summed E-state index contributed by atoms with van der Waals surface area (Å²) in [5.41, 5.74) is 11.6. The number of nitrogens with two attached hydrogens (primary N) is 2. The van der Waals surface area contributed by atoms with Crippen molar-refractivity contribution in [3.8, 4) is 0 Å². The maximum Gasteiger partial charge on any atom is 0.270 e. The maximum absolute atomic E-state index is 12.0. The van der Waals surface area contributed by atoms with Crippen LogP contribution in [-0.2, 0) is 4.79 Å². The summed E-state index contributed by atoms with van der Waals surface area (Å²) in [4.78, 5) is 36.5. The molecule has 2 rings (SSSR count). The molecule has 0 unspecified atom stereocenters. The Balaban J connectivity index is 2.47. The second kappa shape index (κ2) is 4.23. The van der Waals surface area contributed by atoms with E-state index in [1.807, 2.05) is 0 Å². The molecule has 94 valence electrons. The molecule has 6 heteroatoms. The molecule has 1 aromatic rings. The molecule has 3 amide bonds. The Labute approximate surface area is 104 Å². The second-order valence-electron chi connectivity index (χ2n) is 4.07. The minimum Gasteiger partial charge on any atom is -0.398 e. The van der Waals surface area contributed by atoms with Gasteiger partial charge in [0.1, 0.15) is 0 Å². The van der Waals surface area contributed by atoms with Gasteiger partial charge in [-0.1, -0.05) is 13.0 Å². The molecule has 6 nitrogen and oxygen atoms in total. The molecule has 1 aliphatic heterocycles. The Morgan fingerprint density at radius 3 is 2.56 bits per heavy atom. The Morgan fingerprint density at radius 2 is 2.00 bits per heavy atom. The van der Waals surface area contributed by atoms with Gasteiger partial charge in [-0.2, -0.15) is 0 Å². The number of hydrogen-bond donors (Lipinski definition) is 2. The SMILES string of the molecule is CC[C@@H](N)C(=O)N1C(=O)c2cccc(N)c2C1=O. The predicted octanol–water partition coefficient (Wildman–Crippen LogP) is 0.129. The zero-order valence-corrected chi connectivity index (χ0v) is 9.84. The molecular formula is C12H13N3O3. The predicted molar refractivity (Wildman–Crippen MR) is 64.6 cm³/mol.